The van der Waals surface area contributed by atoms with Gasteiger partial charge in [-0.3, -0.25) is 0 Å². The molecule has 0 aliphatic rings. The molecule has 0 amide bonds. The van der Waals surface area contributed by atoms with Crippen LogP contribution in [0.2, 0.25) is 0 Å². The number of fused-ring (bicyclic) bond motifs is 4. The first-order valence-corrected chi connectivity index (χ1v) is 19.2. The van der Waals surface area contributed by atoms with Crippen LogP contribution in [0.4, 0.5) is 17.1 Å². The van der Waals surface area contributed by atoms with Crippen molar-refractivity contribution in [3.63, 3.8) is 0 Å². The minimum Gasteiger partial charge on any atom is -0.357 e. The van der Waals surface area contributed by atoms with E-state index >= 15 is 0 Å². The molecule has 3 heterocycles. The van der Waals surface area contributed by atoms with Crippen molar-refractivity contribution in [3.05, 3.63) is 200 Å². The minimum atomic E-state index is -2.29. The predicted octanol–water partition coefficient (Wildman–Crippen LogP) is 13.5. The molecule has 0 N–H and O–H groups in total. The van der Waals surface area contributed by atoms with Gasteiger partial charge in [-0.1, -0.05) is 120 Å². The summed E-state index contributed by atoms with van der Waals surface area (Å²) in [4.78, 5) is 7.01. The van der Waals surface area contributed by atoms with Gasteiger partial charge in [0.2, 0.25) is 0 Å². The molecule has 0 bridgehead atoms. The Morgan fingerprint density at radius 1 is 0.621 bits per heavy atom. The number of pyridine rings is 1. The molecule has 0 saturated heterocycles. The Morgan fingerprint density at radius 3 is 1.97 bits per heavy atom. The number of para-hydroxylation sites is 4. The molecule has 3 aromatic heterocycles. The van der Waals surface area contributed by atoms with Crippen LogP contribution in [0.5, 0.6) is 0 Å². The smallest absolute Gasteiger partial charge is 0.188 e. The molecule has 7 aromatic carbocycles. The van der Waals surface area contributed by atoms with Crippen LogP contribution >= 0.6 is 0 Å². The van der Waals surface area contributed by atoms with E-state index in [1.54, 1.807) is 18.3 Å². The van der Waals surface area contributed by atoms with Crippen LogP contribution in [-0.2, 0) is 21.1 Å². The van der Waals surface area contributed by atoms with E-state index < -0.39 is 6.85 Å². The molecular weight excluding hydrogens is 890 g/mol. The standard InChI is InChI=1S/C52H40N5.Pt/c1-36(2)54-35-55(49-27-13-12-26-48(49)54)40-20-14-21-41(33-40)56(52-43(38-16-6-4-7-17-38)23-15-24-44(52)39-18-8-5-9-19-39)42-28-29-46-45-22-10-11-25-47(45)57(50(46)34-42)51-32-37(3)30-31-53-51;/h4-32,35-36H,1-3H3;/q-1;/i3D3;. The first kappa shape index (κ1) is 33.6. The number of hydrogen-bond donors (Lipinski definition) is 0. The van der Waals surface area contributed by atoms with Crippen molar-refractivity contribution in [1.29, 1.82) is 0 Å². The second-order valence-corrected chi connectivity index (χ2v) is 14.5. The topological polar surface area (TPSA) is 30.9 Å². The van der Waals surface area contributed by atoms with Crippen LogP contribution in [-0.4, -0.2) is 18.7 Å². The molecule has 0 saturated carbocycles. The van der Waals surface area contributed by atoms with E-state index in [0.717, 1.165) is 77.8 Å². The molecule has 0 aliphatic heterocycles. The van der Waals surface area contributed by atoms with Crippen molar-refractivity contribution in [2.24, 2.45) is 0 Å². The summed E-state index contributed by atoms with van der Waals surface area (Å²) in [6, 6.07) is 65.9. The summed E-state index contributed by atoms with van der Waals surface area (Å²) in [6.45, 7) is 2.10. The van der Waals surface area contributed by atoms with Gasteiger partial charge in [0.15, 0.2) is 17.4 Å². The van der Waals surface area contributed by atoms with E-state index in [0.29, 0.717) is 5.82 Å². The van der Waals surface area contributed by atoms with E-state index in [9.17, 15) is 0 Å². The van der Waals surface area contributed by atoms with E-state index in [2.05, 4.69) is 174 Å². The molecule has 0 unspecified atom stereocenters. The number of rotatable bonds is 8. The van der Waals surface area contributed by atoms with Gasteiger partial charge in [0.25, 0.3) is 0 Å². The summed E-state index contributed by atoms with van der Waals surface area (Å²) in [6.07, 6.45) is 3.74. The number of imidazole rings is 1. The zero-order valence-electron chi connectivity index (χ0n) is 35.0. The number of aryl methyl sites for hydroxylation is 1. The first-order chi connectivity index (χ1) is 29.2. The van der Waals surface area contributed by atoms with Gasteiger partial charge in [-0.05, 0) is 73.1 Å². The zero-order chi connectivity index (χ0) is 41.0. The molecule has 284 valence electrons. The van der Waals surface area contributed by atoms with Crippen LogP contribution in [0.1, 0.15) is 29.6 Å². The molecule has 10 rings (SSSR count). The van der Waals surface area contributed by atoms with Crippen molar-refractivity contribution in [3.8, 4) is 33.8 Å². The second kappa shape index (κ2) is 15.4. The van der Waals surface area contributed by atoms with Gasteiger partial charge in [0, 0.05) is 65.8 Å². The average Bonchev–Trinajstić information content (AvgIpc) is 3.84. The molecule has 0 fully saturated rings. The van der Waals surface area contributed by atoms with Gasteiger partial charge in [0.05, 0.1) is 11.7 Å². The average molecular weight is 933 g/mol. The van der Waals surface area contributed by atoms with Gasteiger partial charge in [0.1, 0.15) is 5.82 Å². The van der Waals surface area contributed by atoms with E-state index in [1.165, 1.54) is 0 Å². The Kier molecular flexibility index (Phi) is 8.92. The maximum absolute atomic E-state index is 8.21. The third-order valence-electron chi connectivity index (χ3n) is 10.7. The van der Waals surface area contributed by atoms with Crippen molar-refractivity contribution >= 4 is 49.9 Å². The number of anilines is 3. The Labute approximate surface area is 357 Å². The predicted molar refractivity (Wildman–Crippen MR) is 236 cm³/mol. The Bertz CT molecular complexity index is 3130. The maximum Gasteiger partial charge on any atom is 0.188 e. The fraction of sp³-hybridized carbons (Fsp3) is 0.0769. The summed E-state index contributed by atoms with van der Waals surface area (Å²) in [5.74, 6) is 0.510. The summed E-state index contributed by atoms with van der Waals surface area (Å²) in [5.41, 5.74) is 11.8. The molecule has 6 heteroatoms. The molecule has 10 aromatic rings. The largest absolute Gasteiger partial charge is 0.357 e. The monoisotopic (exact) mass is 932 g/mol. The maximum atomic E-state index is 8.21. The summed E-state index contributed by atoms with van der Waals surface area (Å²) >= 11 is 0. The van der Waals surface area contributed by atoms with Gasteiger partial charge in [-0.2, -0.15) is 12.1 Å². The molecule has 0 aliphatic carbocycles. The van der Waals surface area contributed by atoms with Crippen molar-refractivity contribution in [2.45, 2.75) is 26.7 Å². The number of hydrogen-bond acceptors (Lipinski definition) is 2. The third kappa shape index (κ3) is 6.42. The Morgan fingerprint density at radius 2 is 1.26 bits per heavy atom. The van der Waals surface area contributed by atoms with Gasteiger partial charge in [-0.25, -0.2) is 14.1 Å². The van der Waals surface area contributed by atoms with Gasteiger partial charge < -0.3 is 9.47 Å². The number of benzene rings is 7. The van der Waals surface area contributed by atoms with Gasteiger partial charge >= 0.3 is 0 Å². The van der Waals surface area contributed by atoms with Crippen LogP contribution in [0.15, 0.2) is 182 Å². The summed E-state index contributed by atoms with van der Waals surface area (Å²) in [7, 11) is 0. The Balaban J connectivity index is 0.00000476. The van der Waals surface area contributed by atoms with E-state index in [1.807, 2.05) is 34.9 Å². The van der Waals surface area contributed by atoms with Crippen molar-refractivity contribution < 1.29 is 25.2 Å². The normalized spacial score (nSPS) is 12.4. The fourth-order valence-electron chi connectivity index (χ4n) is 8.10. The SMILES string of the molecule is [2H]C([2H])([2H])c1ccnc(-n2c3[c-]c(N(c4[c-]c(-n5[cH+]n(C(C)C)c6ccccc65)ccc4)c4c(-c5ccccc5)cccc4-c4ccccc4)ccc3c3ccccc32)c1.[Pt]. The summed E-state index contributed by atoms with van der Waals surface area (Å²) in [5, 5.41) is 1.99. The molecule has 0 spiro atoms. The van der Waals surface area contributed by atoms with Gasteiger partial charge in [-0.15, -0.1) is 29.7 Å². The van der Waals surface area contributed by atoms with E-state index in [-0.39, 0.29) is 32.7 Å². The van der Waals surface area contributed by atoms with E-state index in [4.69, 9.17) is 9.10 Å². The molecule has 0 atom stereocenters. The quantitative estimate of drug-likeness (QED) is 0.142. The molecule has 5 nitrogen and oxygen atoms in total. The van der Waals surface area contributed by atoms with Crippen LogP contribution in [0.3, 0.4) is 0 Å². The summed E-state index contributed by atoms with van der Waals surface area (Å²) < 4.78 is 31.2. The molecular formula is C52H40N5Pt-. The van der Waals surface area contributed by atoms with Crippen molar-refractivity contribution in [1.82, 2.24) is 18.7 Å². The molecule has 58 heavy (non-hydrogen) atoms. The minimum absolute atomic E-state index is 0. The Hall–Kier alpha value is -6.55. The fourth-order valence-corrected chi connectivity index (χ4v) is 8.10. The number of nitrogens with zero attached hydrogens (tertiary/aromatic N) is 5. The molecule has 0 radical (unpaired) electrons. The number of aromatic nitrogens is 4. The van der Waals surface area contributed by atoms with Crippen LogP contribution in [0.25, 0.3) is 66.6 Å². The second-order valence-electron chi connectivity index (χ2n) is 14.5. The first-order valence-electron chi connectivity index (χ1n) is 20.7. The van der Waals surface area contributed by atoms with Crippen LogP contribution in [0, 0.1) is 19.0 Å². The van der Waals surface area contributed by atoms with Crippen LogP contribution < -0.4 is 4.90 Å². The van der Waals surface area contributed by atoms with Crippen molar-refractivity contribution in [2.75, 3.05) is 4.90 Å². The zero-order valence-corrected chi connectivity index (χ0v) is 34.2. The third-order valence-corrected chi connectivity index (χ3v) is 10.7.